The summed E-state index contributed by atoms with van der Waals surface area (Å²) in [5, 5.41) is 0. The quantitative estimate of drug-likeness (QED) is 0.679. The zero-order valence-electron chi connectivity index (χ0n) is 9.01. The monoisotopic (exact) mass is 231 g/mol. The first-order valence-electron chi connectivity index (χ1n) is 5.73. The lowest BCUT2D eigenvalue weighted by molar-refractivity contribution is -0.132. The largest absolute Gasteiger partial charge is 0.373 e. The Balaban J connectivity index is 1.90. The topological polar surface area (TPSA) is 29.5 Å². The van der Waals surface area contributed by atoms with E-state index in [0.29, 0.717) is 12.3 Å². The number of hydrogen-bond donors (Lipinski definition) is 0. The van der Waals surface area contributed by atoms with Gasteiger partial charge < -0.3 is 9.64 Å². The number of nitrogens with zero attached hydrogens (tertiary/aromatic N) is 1. The molecule has 0 unspecified atom stereocenters. The Bertz CT molecular complexity index is 239. The number of amides is 1. The van der Waals surface area contributed by atoms with Crippen LogP contribution < -0.4 is 0 Å². The molecule has 2 rings (SSSR count). The molecular formula is C11H18ClNO2. The number of halogens is 1. The lowest BCUT2D eigenvalue weighted by atomic mass is 9.93. The maximum Gasteiger partial charge on any atom is 0.223 e. The lowest BCUT2D eigenvalue weighted by Gasteiger charge is -2.33. The summed E-state index contributed by atoms with van der Waals surface area (Å²) in [5.74, 6) is 0.597. The zero-order chi connectivity index (χ0) is 10.7. The molecule has 0 bridgehead atoms. The number of carbonyl (C=O) groups is 1. The van der Waals surface area contributed by atoms with Gasteiger partial charge in [0.15, 0.2) is 0 Å². The summed E-state index contributed by atoms with van der Waals surface area (Å²) >= 11 is 5.57. The molecule has 0 aromatic carbocycles. The lowest BCUT2D eigenvalue weighted by Crippen LogP contribution is -2.40. The summed E-state index contributed by atoms with van der Waals surface area (Å²) in [5.41, 5.74) is -0.0137. The van der Waals surface area contributed by atoms with Crippen LogP contribution in [-0.2, 0) is 9.53 Å². The number of rotatable bonds is 2. The molecule has 0 radical (unpaired) electrons. The fourth-order valence-electron chi connectivity index (χ4n) is 2.53. The second-order valence-corrected chi connectivity index (χ2v) is 4.87. The van der Waals surface area contributed by atoms with E-state index < -0.39 is 0 Å². The van der Waals surface area contributed by atoms with Crippen LogP contribution in [0.4, 0.5) is 0 Å². The molecule has 15 heavy (non-hydrogen) atoms. The molecule has 86 valence electrons. The number of carbonyl (C=O) groups excluding carboxylic acids is 1. The van der Waals surface area contributed by atoms with E-state index in [2.05, 4.69) is 0 Å². The van der Waals surface area contributed by atoms with Crippen molar-refractivity contribution in [3.8, 4) is 0 Å². The van der Waals surface area contributed by atoms with Crippen molar-refractivity contribution in [2.24, 2.45) is 0 Å². The van der Waals surface area contributed by atoms with Gasteiger partial charge in [0.2, 0.25) is 5.91 Å². The molecule has 0 aromatic heterocycles. The molecule has 0 N–H and O–H groups in total. The van der Waals surface area contributed by atoms with Gasteiger partial charge in [0.1, 0.15) is 0 Å². The fourth-order valence-corrected chi connectivity index (χ4v) is 2.69. The molecule has 0 aliphatic carbocycles. The molecular weight excluding hydrogens is 214 g/mol. The summed E-state index contributed by atoms with van der Waals surface area (Å²) in [6.07, 6.45) is 4.96. The van der Waals surface area contributed by atoms with Crippen LogP contribution in [0, 0.1) is 0 Å². The summed E-state index contributed by atoms with van der Waals surface area (Å²) in [6, 6.07) is 0. The normalized spacial score (nSPS) is 31.1. The molecule has 4 heteroatoms. The molecule has 1 spiro atoms. The van der Waals surface area contributed by atoms with Gasteiger partial charge in [-0.25, -0.2) is 0 Å². The van der Waals surface area contributed by atoms with Crippen LogP contribution in [0.15, 0.2) is 0 Å². The van der Waals surface area contributed by atoms with E-state index in [1.165, 1.54) is 6.42 Å². The van der Waals surface area contributed by atoms with Crippen LogP contribution in [0.5, 0.6) is 0 Å². The van der Waals surface area contributed by atoms with Crippen molar-refractivity contribution in [2.75, 3.05) is 25.6 Å². The van der Waals surface area contributed by atoms with Gasteiger partial charge >= 0.3 is 0 Å². The van der Waals surface area contributed by atoms with Gasteiger partial charge in [0.05, 0.1) is 5.60 Å². The molecule has 2 fully saturated rings. The first-order chi connectivity index (χ1) is 7.26. The molecule has 2 saturated heterocycles. The van der Waals surface area contributed by atoms with E-state index in [0.717, 1.165) is 39.0 Å². The van der Waals surface area contributed by atoms with E-state index in [-0.39, 0.29) is 11.5 Å². The second kappa shape index (κ2) is 4.71. The zero-order valence-corrected chi connectivity index (χ0v) is 9.76. The Hall–Kier alpha value is -0.280. The Labute approximate surface area is 95.7 Å². The molecule has 0 saturated carbocycles. The third kappa shape index (κ3) is 2.45. The molecule has 0 aromatic rings. The number of hydrogen-bond acceptors (Lipinski definition) is 2. The Morgan fingerprint density at radius 2 is 2.27 bits per heavy atom. The predicted octanol–water partition coefficient (Wildman–Crippen LogP) is 1.79. The Morgan fingerprint density at radius 1 is 1.40 bits per heavy atom. The molecule has 1 amide bonds. The summed E-state index contributed by atoms with van der Waals surface area (Å²) in [7, 11) is 0. The summed E-state index contributed by atoms with van der Waals surface area (Å²) in [6.45, 7) is 2.48. The third-order valence-corrected chi connectivity index (χ3v) is 3.60. The van der Waals surface area contributed by atoms with Crippen molar-refractivity contribution >= 4 is 17.5 Å². The van der Waals surface area contributed by atoms with E-state index in [9.17, 15) is 4.79 Å². The highest BCUT2D eigenvalue weighted by molar-refractivity contribution is 6.18. The Morgan fingerprint density at radius 3 is 2.93 bits per heavy atom. The van der Waals surface area contributed by atoms with Gasteiger partial charge in [0, 0.05) is 32.0 Å². The average Bonchev–Trinajstić information content (AvgIpc) is 2.64. The van der Waals surface area contributed by atoms with Gasteiger partial charge in [0.25, 0.3) is 0 Å². The van der Waals surface area contributed by atoms with Crippen molar-refractivity contribution in [3.05, 3.63) is 0 Å². The molecule has 2 aliphatic heterocycles. The van der Waals surface area contributed by atoms with Crippen molar-refractivity contribution in [1.82, 2.24) is 4.90 Å². The minimum Gasteiger partial charge on any atom is -0.373 e. The van der Waals surface area contributed by atoms with Crippen LogP contribution >= 0.6 is 11.6 Å². The molecule has 1 atom stereocenters. The van der Waals surface area contributed by atoms with Gasteiger partial charge in [-0.3, -0.25) is 4.79 Å². The van der Waals surface area contributed by atoms with Gasteiger partial charge in [-0.15, -0.1) is 11.6 Å². The molecule has 3 nitrogen and oxygen atoms in total. The first kappa shape index (κ1) is 11.2. The smallest absolute Gasteiger partial charge is 0.223 e. The highest BCUT2D eigenvalue weighted by Crippen LogP contribution is 2.34. The van der Waals surface area contributed by atoms with Crippen LogP contribution in [-0.4, -0.2) is 42.0 Å². The highest BCUT2D eigenvalue weighted by atomic mass is 35.5. The van der Waals surface area contributed by atoms with E-state index in [4.69, 9.17) is 16.3 Å². The number of ether oxygens (including phenoxy) is 1. The molecule has 2 aliphatic rings. The maximum absolute atomic E-state index is 11.7. The fraction of sp³-hybridized carbons (Fsp3) is 0.909. The van der Waals surface area contributed by atoms with Gasteiger partial charge in [-0.1, -0.05) is 0 Å². The van der Waals surface area contributed by atoms with Crippen molar-refractivity contribution in [1.29, 1.82) is 0 Å². The third-order valence-electron chi connectivity index (χ3n) is 3.41. The van der Waals surface area contributed by atoms with Gasteiger partial charge in [-0.2, -0.15) is 0 Å². The SMILES string of the molecule is O=C(CCCl)N1CC[C@@]2(CCCCO2)C1. The minimum absolute atomic E-state index is 0.0137. The van der Waals surface area contributed by atoms with Crippen molar-refractivity contribution in [3.63, 3.8) is 0 Å². The standard InChI is InChI=1S/C11H18ClNO2/c12-6-3-10(14)13-7-5-11(9-13)4-1-2-8-15-11/h1-9H2/t11-/m0/s1. The van der Waals surface area contributed by atoms with E-state index in [1.54, 1.807) is 0 Å². The van der Waals surface area contributed by atoms with Crippen LogP contribution in [0.3, 0.4) is 0 Å². The Kier molecular flexibility index (Phi) is 3.52. The van der Waals surface area contributed by atoms with Crippen LogP contribution in [0.25, 0.3) is 0 Å². The van der Waals surface area contributed by atoms with E-state index in [1.807, 2.05) is 4.90 Å². The maximum atomic E-state index is 11.7. The van der Waals surface area contributed by atoms with E-state index >= 15 is 0 Å². The van der Waals surface area contributed by atoms with Crippen LogP contribution in [0.2, 0.25) is 0 Å². The van der Waals surface area contributed by atoms with Crippen LogP contribution in [0.1, 0.15) is 32.1 Å². The highest BCUT2D eigenvalue weighted by Gasteiger charge is 2.41. The van der Waals surface area contributed by atoms with Crippen molar-refractivity contribution < 1.29 is 9.53 Å². The summed E-state index contributed by atoms with van der Waals surface area (Å²) in [4.78, 5) is 13.6. The summed E-state index contributed by atoms with van der Waals surface area (Å²) < 4.78 is 5.86. The number of likely N-dealkylation sites (tertiary alicyclic amines) is 1. The van der Waals surface area contributed by atoms with Gasteiger partial charge in [-0.05, 0) is 25.7 Å². The first-order valence-corrected chi connectivity index (χ1v) is 6.27. The average molecular weight is 232 g/mol. The number of alkyl halides is 1. The second-order valence-electron chi connectivity index (χ2n) is 4.49. The van der Waals surface area contributed by atoms with Crippen molar-refractivity contribution in [2.45, 2.75) is 37.7 Å². The predicted molar refractivity (Wildman–Crippen MR) is 59.1 cm³/mol. The minimum atomic E-state index is -0.0137. The molecule has 2 heterocycles.